The Balaban J connectivity index is 0.000000536. The summed E-state index contributed by atoms with van der Waals surface area (Å²) in [6.45, 7) is 14.0. The third-order valence-corrected chi connectivity index (χ3v) is 7.65. The smallest absolute Gasteiger partial charge is 0.383 e. The van der Waals surface area contributed by atoms with Crippen LogP contribution in [0.5, 0.6) is 0 Å². The van der Waals surface area contributed by atoms with E-state index in [0.29, 0.717) is 18.2 Å². The molecule has 1 aliphatic carbocycles. The van der Waals surface area contributed by atoms with E-state index >= 15 is 0 Å². The number of pyridine rings is 2. The van der Waals surface area contributed by atoms with E-state index in [1.807, 2.05) is 31.1 Å². The van der Waals surface area contributed by atoms with Crippen LogP contribution in [0, 0.1) is 31.5 Å². The molecule has 0 amide bonds. The molecule has 1 saturated carbocycles. The van der Waals surface area contributed by atoms with Gasteiger partial charge in [-0.05, 0) is 38.1 Å². The van der Waals surface area contributed by atoms with Crippen molar-refractivity contribution in [2.24, 2.45) is 10.9 Å². The Hall–Kier alpha value is -3.07. The molecule has 0 saturated heterocycles. The monoisotopic (exact) mass is 637 g/mol. The largest absolute Gasteiger partial charge is 1.00 e. The fraction of sp³-hybridized carbons (Fsp3) is 0.514. The van der Waals surface area contributed by atoms with Gasteiger partial charge in [-0.15, -0.1) is 18.4 Å². The molecule has 4 N–H and O–H groups in total. The SMILES string of the molecule is C#Cc1cc(C)n[c-]n1.C1CCCCC1.C=N/C=C(/C(C)Cc1cnc2cc(N(CC)CCCC)nc(N)c2c1)N(C)CNO.[Na+]. The van der Waals surface area contributed by atoms with Crippen LogP contribution in [0.3, 0.4) is 0 Å². The molecule has 11 heteroatoms. The van der Waals surface area contributed by atoms with Crippen molar-refractivity contribution >= 4 is 29.3 Å². The molecule has 3 aromatic rings. The molecule has 3 aromatic heterocycles. The number of fused-ring (bicyclic) bond motifs is 1. The summed E-state index contributed by atoms with van der Waals surface area (Å²) in [5.74, 6) is 3.91. The number of aliphatic imine (C=N–C) groups is 1. The first kappa shape index (κ1) is 41.0. The van der Waals surface area contributed by atoms with Gasteiger partial charge in [0.25, 0.3) is 0 Å². The van der Waals surface area contributed by atoms with Crippen LogP contribution >= 0.6 is 0 Å². The second-order valence-electron chi connectivity index (χ2n) is 11.3. The second-order valence-corrected chi connectivity index (χ2v) is 11.3. The number of hydrogen-bond acceptors (Lipinski definition) is 10. The van der Waals surface area contributed by atoms with Gasteiger partial charge in [-0.2, -0.15) is 5.48 Å². The zero-order valence-corrected chi connectivity index (χ0v) is 30.9. The summed E-state index contributed by atoms with van der Waals surface area (Å²) in [6.07, 6.45) is 23.1. The molecule has 1 aliphatic rings. The number of hydroxylamine groups is 1. The number of nitrogens with zero attached hydrogens (tertiary/aromatic N) is 7. The number of unbranched alkanes of at least 4 members (excludes halogenated alkanes) is 1. The first-order chi connectivity index (χ1) is 21.8. The molecule has 0 aliphatic heterocycles. The van der Waals surface area contributed by atoms with Crippen LogP contribution in [0.1, 0.15) is 89.1 Å². The predicted molar refractivity (Wildman–Crippen MR) is 186 cm³/mol. The van der Waals surface area contributed by atoms with E-state index in [1.165, 1.54) is 38.5 Å². The van der Waals surface area contributed by atoms with Crippen LogP contribution < -0.4 is 45.7 Å². The summed E-state index contributed by atoms with van der Waals surface area (Å²) >= 11 is 0. The van der Waals surface area contributed by atoms with Crippen molar-refractivity contribution < 1.29 is 34.8 Å². The van der Waals surface area contributed by atoms with Gasteiger partial charge in [-0.1, -0.05) is 71.4 Å². The topological polar surface area (TPSA) is 129 Å². The minimum Gasteiger partial charge on any atom is -0.383 e. The Bertz CT molecular complexity index is 1380. The maximum Gasteiger partial charge on any atom is 1.00 e. The zero-order chi connectivity index (χ0) is 33.0. The first-order valence-corrected chi connectivity index (χ1v) is 16.0. The van der Waals surface area contributed by atoms with Crippen LogP contribution in [0.25, 0.3) is 10.9 Å². The van der Waals surface area contributed by atoms with Crippen molar-refractivity contribution in [2.45, 2.75) is 85.5 Å². The molecule has 4 rings (SSSR count). The number of terminal acetylenes is 1. The maximum absolute atomic E-state index is 9.00. The van der Waals surface area contributed by atoms with E-state index in [1.54, 1.807) is 12.3 Å². The van der Waals surface area contributed by atoms with E-state index in [0.717, 1.165) is 66.0 Å². The summed E-state index contributed by atoms with van der Waals surface area (Å²) in [7, 11) is 1.89. The van der Waals surface area contributed by atoms with Gasteiger partial charge in [-0.3, -0.25) is 9.98 Å². The number of nitrogen functional groups attached to an aromatic ring is 1. The maximum atomic E-state index is 9.00. The Morgan fingerprint density at radius 3 is 2.39 bits per heavy atom. The first-order valence-electron chi connectivity index (χ1n) is 16.0. The van der Waals surface area contributed by atoms with Gasteiger partial charge in [0, 0.05) is 67.6 Å². The molecule has 1 atom stereocenters. The van der Waals surface area contributed by atoms with Crippen molar-refractivity contribution in [2.75, 3.05) is 37.4 Å². The molecule has 46 heavy (non-hydrogen) atoms. The fourth-order valence-corrected chi connectivity index (χ4v) is 5.14. The van der Waals surface area contributed by atoms with Crippen LogP contribution in [0.4, 0.5) is 11.6 Å². The van der Waals surface area contributed by atoms with Crippen LogP contribution in [0.2, 0.25) is 0 Å². The molecule has 0 aromatic carbocycles. The second kappa shape index (κ2) is 23.3. The molecule has 0 radical (unpaired) electrons. The predicted octanol–water partition coefficient (Wildman–Crippen LogP) is 3.34. The van der Waals surface area contributed by atoms with E-state index in [9.17, 15) is 0 Å². The summed E-state index contributed by atoms with van der Waals surface area (Å²) < 4.78 is 0. The Labute approximate surface area is 298 Å². The van der Waals surface area contributed by atoms with Crippen LogP contribution in [0.15, 0.2) is 41.3 Å². The Morgan fingerprint density at radius 2 is 1.87 bits per heavy atom. The van der Waals surface area contributed by atoms with Crippen molar-refractivity contribution in [1.82, 2.24) is 30.3 Å². The zero-order valence-electron chi connectivity index (χ0n) is 28.9. The fourth-order valence-electron chi connectivity index (χ4n) is 5.14. The van der Waals surface area contributed by atoms with Gasteiger partial charge >= 0.3 is 29.6 Å². The number of rotatable bonds is 12. The van der Waals surface area contributed by atoms with Crippen LogP contribution in [-0.4, -0.2) is 63.6 Å². The van der Waals surface area contributed by atoms with Gasteiger partial charge in [-0.25, -0.2) is 4.98 Å². The van der Waals surface area contributed by atoms with Crippen molar-refractivity contribution in [1.29, 1.82) is 0 Å². The van der Waals surface area contributed by atoms with Crippen molar-refractivity contribution in [3.05, 3.63) is 59.6 Å². The van der Waals surface area contributed by atoms with Gasteiger partial charge in [0.15, 0.2) is 0 Å². The number of aromatic nitrogens is 4. The summed E-state index contributed by atoms with van der Waals surface area (Å²) in [5.41, 5.74) is 12.8. The standard InChI is InChI=1S/C22H35N7O.C7H5N2.C6H12.Na/c1-6-8-9-29(7-2)21-12-19-18(22(23)27-21)11-17(13-25-19)10-16(3)20(14-24-4)28(5)15-26-30;1-3-7-4-6(2)8-5-9-7;1-2-4-6-5-3-1;/h11-14,16,26,30H,4,6-10,15H2,1-3,5H3,(H2,23,27);1,4H,2H3;1-6H2;/q;-1;;+1/b20-14-;;;. The summed E-state index contributed by atoms with van der Waals surface area (Å²) in [5, 5.41) is 9.87. The molecular formula is C35H52N9NaO. The molecule has 244 valence electrons. The average Bonchev–Trinajstić information content (AvgIpc) is 3.05. The Kier molecular flexibility index (Phi) is 20.7. The van der Waals surface area contributed by atoms with E-state index in [2.05, 4.69) is 81.1 Å². The summed E-state index contributed by atoms with van der Waals surface area (Å²) in [6, 6.07) is 5.82. The number of anilines is 2. The molecule has 0 spiro atoms. The minimum atomic E-state index is 0. The normalized spacial score (nSPS) is 13.1. The number of nitrogens with one attached hydrogen (secondary N) is 1. The molecule has 1 fully saturated rings. The molecule has 3 heterocycles. The summed E-state index contributed by atoms with van der Waals surface area (Å²) in [4.78, 5) is 24.8. The average molecular weight is 638 g/mol. The van der Waals surface area contributed by atoms with Crippen molar-refractivity contribution in [3.63, 3.8) is 0 Å². The number of aryl methyl sites for hydroxylation is 1. The molecule has 10 nitrogen and oxygen atoms in total. The van der Waals surface area contributed by atoms with E-state index in [4.69, 9.17) is 17.4 Å². The van der Waals surface area contributed by atoms with Gasteiger partial charge in [0.1, 0.15) is 11.6 Å². The third kappa shape index (κ3) is 14.1. The number of allylic oxidation sites excluding steroid dienone is 1. The minimum absolute atomic E-state index is 0. The third-order valence-electron chi connectivity index (χ3n) is 7.65. The van der Waals surface area contributed by atoms with Gasteiger partial charge in [0.05, 0.1) is 12.2 Å². The number of hydrogen-bond donors (Lipinski definition) is 3. The quantitative estimate of drug-likeness (QED) is 0.0684. The van der Waals surface area contributed by atoms with Crippen molar-refractivity contribution in [3.8, 4) is 12.3 Å². The molecule has 0 bridgehead atoms. The molecule has 1 unspecified atom stereocenters. The molecular weight excluding hydrogens is 585 g/mol. The van der Waals surface area contributed by atoms with E-state index in [-0.39, 0.29) is 35.5 Å². The Morgan fingerprint density at radius 1 is 1.20 bits per heavy atom. The van der Waals surface area contributed by atoms with Gasteiger partial charge < -0.3 is 30.7 Å². The van der Waals surface area contributed by atoms with Crippen LogP contribution in [-0.2, 0) is 6.42 Å². The number of nitrogens with two attached hydrogens (primary N) is 1. The van der Waals surface area contributed by atoms with Gasteiger partial charge in [0.2, 0.25) is 0 Å². The van der Waals surface area contributed by atoms with E-state index < -0.39 is 0 Å².